The number of carbonyl (C=O) groups is 1. The van der Waals surface area contributed by atoms with E-state index in [-0.39, 0.29) is 18.6 Å². The van der Waals surface area contributed by atoms with Crippen LogP contribution in [0.25, 0.3) is 0 Å². The largest absolute Gasteiger partial charge is 0.395 e. The van der Waals surface area contributed by atoms with E-state index in [0.717, 1.165) is 36.2 Å². The fourth-order valence-corrected chi connectivity index (χ4v) is 2.74. The summed E-state index contributed by atoms with van der Waals surface area (Å²) in [6, 6.07) is 5.89. The van der Waals surface area contributed by atoms with Crippen molar-refractivity contribution in [3.63, 3.8) is 0 Å². The van der Waals surface area contributed by atoms with Crippen LogP contribution in [-0.4, -0.2) is 41.7 Å². The van der Waals surface area contributed by atoms with Crippen molar-refractivity contribution in [2.24, 2.45) is 0 Å². The van der Waals surface area contributed by atoms with Crippen LogP contribution in [0.5, 0.6) is 0 Å². The van der Waals surface area contributed by atoms with E-state index in [2.05, 4.69) is 10.2 Å². The van der Waals surface area contributed by atoms with Crippen molar-refractivity contribution in [2.45, 2.75) is 32.7 Å². The number of β-amino-alcohol motifs (C(OH)–C–C–N with tert-alkyl or cyclic N) is 1. The number of para-hydroxylation sites is 1. The molecule has 1 aromatic rings. The third kappa shape index (κ3) is 3.14. The molecule has 1 amide bonds. The summed E-state index contributed by atoms with van der Waals surface area (Å²) in [6.45, 7) is 5.58. The van der Waals surface area contributed by atoms with Gasteiger partial charge in [-0.3, -0.25) is 9.69 Å². The second kappa shape index (κ2) is 6.17. The smallest absolute Gasteiger partial charge is 0.241 e. The molecule has 0 radical (unpaired) electrons. The lowest BCUT2D eigenvalue weighted by Crippen LogP contribution is -2.41. The summed E-state index contributed by atoms with van der Waals surface area (Å²) in [6.07, 6.45) is 1.89. The average molecular weight is 262 g/mol. The first-order valence-electron chi connectivity index (χ1n) is 6.85. The summed E-state index contributed by atoms with van der Waals surface area (Å²) < 4.78 is 0. The molecule has 1 aliphatic rings. The first kappa shape index (κ1) is 14.0. The van der Waals surface area contributed by atoms with Crippen LogP contribution >= 0.6 is 0 Å². The third-order valence-corrected chi connectivity index (χ3v) is 3.78. The monoisotopic (exact) mass is 262 g/mol. The first-order valence-corrected chi connectivity index (χ1v) is 6.85. The minimum atomic E-state index is -0.105. The molecule has 0 saturated carbocycles. The topological polar surface area (TPSA) is 52.6 Å². The zero-order valence-corrected chi connectivity index (χ0v) is 11.6. The van der Waals surface area contributed by atoms with Crippen molar-refractivity contribution in [3.05, 3.63) is 29.3 Å². The number of carbonyl (C=O) groups excluding carboxylic acids is 1. The Morgan fingerprint density at radius 2 is 2.11 bits per heavy atom. The highest BCUT2D eigenvalue weighted by atomic mass is 16.3. The molecule has 1 aliphatic heterocycles. The van der Waals surface area contributed by atoms with Crippen LogP contribution in [-0.2, 0) is 4.79 Å². The maximum atomic E-state index is 12.4. The quantitative estimate of drug-likeness (QED) is 0.868. The third-order valence-electron chi connectivity index (χ3n) is 3.78. The number of hydrogen-bond acceptors (Lipinski definition) is 3. The van der Waals surface area contributed by atoms with Gasteiger partial charge in [-0.2, -0.15) is 0 Å². The van der Waals surface area contributed by atoms with E-state index in [1.807, 2.05) is 32.0 Å². The number of rotatable bonds is 4. The lowest BCUT2D eigenvalue weighted by atomic mass is 10.1. The maximum absolute atomic E-state index is 12.4. The molecule has 0 aliphatic carbocycles. The van der Waals surface area contributed by atoms with Gasteiger partial charge in [0.15, 0.2) is 0 Å². The molecule has 1 fully saturated rings. The standard InChI is InChI=1S/C15H22N2O2/c1-11-5-3-6-12(2)14(11)16-15(19)13-7-4-8-17(13)9-10-18/h3,5-6,13,18H,4,7-10H2,1-2H3,(H,16,19)/t13-/m1/s1. The van der Waals surface area contributed by atoms with Crippen molar-refractivity contribution < 1.29 is 9.90 Å². The van der Waals surface area contributed by atoms with Crippen LogP contribution < -0.4 is 5.32 Å². The van der Waals surface area contributed by atoms with Crippen molar-refractivity contribution in [1.29, 1.82) is 0 Å². The number of amides is 1. The van der Waals surface area contributed by atoms with Crippen molar-refractivity contribution in [2.75, 3.05) is 25.0 Å². The summed E-state index contributed by atoms with van der Waals surface area (Å²) in [7, 11) is 0. The molecule has 1 saturated heterocycles. The number of aryl methyl sites for hydroxylation is 2. The SMILES string of the molecule is Cc1cccc(C)c1NC(=O)[C@H]1CCCN1CCO. The van der Waals surface area contributed by atoms with Gasteiger partial charge in [0.1, 0.15) is 0 Å². The van der Waals surface area contributed by atoms with Gasteiger partial charge in [0.05, 0.1) is 12.6 Å². The van der Waals surface area contributed by atoms with Crippen molar-refractivity contribution >= 4 is 11.6 Å². The highest BCUT2D eigenvalue weighted by Gasteiger charge is 2.30. The molecule has 4 heteroatoms. The van der Waals surface area contributed by atoms with E-state index in [4.69, 9.17) is 5.11 Å². The Morgan fingerprint density at radius 3 is 2.74 bits per heavy atom. The number of nitrogens with one attached hydrogen (secondary N) is 1. The predicted molar refractivity (Wildman–Crippen MR) is 76.2 cm³/mol. The minimum absolute atomic E-state index is 0.0448. The zero-order chi connectivity index (χ0) is 13.8. The fourth-order valence-electron chi connectivity index (χ4n) is 2.74. The van der Waals surface area contributed by atoms with Gasteiger partial charge in [-0.05, 0) is 44.4 Å². The predicted octanol–water partition coefficient (Wildman–Crippen LogP) is 1.70. The van der Waals surface area contributed by atoms with Gasteiger partial charge in [0.2, 0.25) is 5.91 Å². The fraction of sp³-hybridized carbons (Fsp3) is 0.533. The molecule has 2 N–H and O–H groups in total. The molecule has 104 valence electrons. The molecule has 0 bridgehead atoms. The van der Waals surface area contributed by atoms with Crippen molar-refractivity contribution in [1.82, 2.24) is 4.90 Å². The molecule has 1 heterocycles. The van der Waals surface area contributed by atoms with E-state index in [1.165, 1.54) is 0 Å². The molecule has 4 nitrogen and oxygen atoms in total. The van der Waals surface area contributed by atoms with Gasteiger partial charge in [-0.15, -0.1) is 0 Å². The Balaban J connectivity index is 2.08. The van der Waals surface area contributed by atoms with E-state index in [0.29, 0.717) is 6.54 Å². The van der Waals surface area contributed by atoms with Gasteiger partial charge in [0, 0.05) is 12.2 Å². The number of anilines is 1. The Hall–Kier alpha value is -1.39. The van der Waals surface area contributed by atoms with E-state index in [9.17, 15) is 4.79 Å². The Bertz CT molecular complexity index is 439. The number of nitrogens with zero attached hydrogens (tertiary/aromatic N) is 1. The molecule has 0 spiro atoms. The molecular weight excluding hydrogens is 240 g/mol. The second-order valence-corrected chi connectivity index (χ2v) is 5.17. The highest BCUT2D eigenvalue weighted by molar-refractivity contribution is 5.96. The summed E-state index contributed by atoms with van der Waals surface area (Å²) in [5.74, 6) is 0.0448. The Kier molecular flexibility index (Phi) is 4.56. The van der Waals surface area contributed by atoms with Gasteiger partial charge >= 0.3 is 0 Å². The highest BCUT2D eigenvalue weighted by Crippen LogP contribution is 2.22. The normalized spacial score (nSPS) is 19.6. The summed E-state index contributed by atoms with van der Waals surface area (Å²) >= 11 is 0. The summed E-state index contributed by atoms with van der Waals surface area (Å²) in [5.41, 5.74) is 3.09. The van der Waals surface area contributed by atoms with Crippen LogP contribution in [0.2, 0.25) is 0 Å². The van der Waals surface area contributed by atoms with Crippen LogP contribution in [0.15, 0.2) is 18.2 Å². The van der Waals surface area contributed by atoms with Gasteiger partial charge in [-0.25, -0.2) is 0 Å². The summed E-state index contributed by atoms with van der Waals surface area (Å²) in [5, 5.41) is 12.1. The van der Waals surface area contributed by atoms with E-state index >= 15 is 0 Å². The zero-order valence-electron chi connectivity index (χ0n) is 11.6. The minimum Gasteiger partial charge on any atom is -0.395 e. The molecule has 19 heavy (non-hydrogen) atoms. The number of aliphatic hydroxyl groups is 1. The van der Waals surface area contributed by atoms with Crippen LogP contribution in [0, 0.1) is 13.8 Å². The van der Waals surface area contributed by atoms with Gasteiger partial charge in [-0.1, -0.05) is 18.2 Å². The summed E-state index contributed by atoms with van der Waals surface area (Å²) in [4.78, 5) is 14.4. The van der Waals surface area contributed by atoms with Crippen molar-refractivity contribution in [3.8, 4) is 0 Å². The molecule has 1 atom stereocenters. The molecule has 0 unspecified atom stereocenters. The van der Waals surface area contributed by atoms with E-state index < -0.39 is 0 Å². The Morgan fingerprint density at radius 1 is 1.42 bits per heavy atom. The molecular formula is C15H22N2O2. The number of likely N-dealkylation sites (tertiary alicyclic amines) is 1. The number of benzene rings is 1. The number of aliphatic hydroxyl groups excluding tert-OH is 1. The molecule has 2 rings (SSSR count). The van der Waals surface area contributed by atoms with E-state index in [1.54, 1.807) is 0 Å². The second-order valence-electron chi connectivity index (χ2n) is 5.17. The maximum Gasteiger partial charge on any atom is 0.241 e. The van der Waals surface area contributed by atoms with Crippen LogP contribution in [0.3, 0.4) is 0 Å². The molecule has 0 aromatic heterocycles. The first-order chi connectivity index (χ1) is 9.13. The van der Waals surface area contributed by atoms with Gasteiger partial charge < -0.3 is 10.4 Å². The number of hydrogen-bond donors (Lipinski definition) is 2. The lowest BCUT2D eigenvalue weighted by Gasteiger charge is -2.23. The Labute approximate surface area is 114 Å². The lowest BCUT2D eigenvalue weighted by molar-refractivity contribution is -0.120. The molecule has 1 aromatic carbocycles. The van der Waals surface area contributed by atoms with Gasteiger partial charge in [0.25, 0.3) is 0 Å². The van der Waals surface area contributed by atoms with Crippen LogP contribution in [0.1, 0.15) is 24.0 Å². The average Bonchev–Trinajstić information content (AvgIpc) is 2.83. The van der Waals surface area contributed by atoms with Crippen LogP contribution in [0.4, 0.5) is 5.69 Å².